The van der Waals surface area contributed by atoms with Crippen LogP contribution in [0.25, 0.3) is 0 Å². The fourth-order valence-corrected chi connectivity index (χ4v) is 2.04. The molecule has 1 fully saturated rings. The van der Waals surface area contributed by atoms with Crippen LogP contribution in [-0.4, -0.2) is 18.9 Å². The van der Waals surface area contributed by atoms with Crippen LogP contribution in [0.15, 0.2) is 30.3 Å². The van der Waals surface area contributed by atoms with Gasteiger partial charge in [0, 0.05) is 5.92 Å². The minimum Gasteiger partial charge on any atom is -0.465 e. The molecule has 1 saturated heterocycles. The van der Waals surface area contributed by atoms with Crippen LogP contribution >= 0.6 is 0 Å². The lowest BCUT2D eigenvalue weighted by atomic mass is 9.84. The molecule has 0 N–H and O–H groups in total. The Kier molecular flexibility index (Phi) is 3.34. The number of aldehydes is 1. The van der Waals surface area contributed by atoms with Crippen LogP contribution in [0.3, 0.4) is 0 Å². The molecule has 0 saturated carbocycles. The zero-order valence-electron chi connectivity index (χ0n) is 8.96. The fourth-order valence-electron chi connectivity index (χ4n) is 2.04. The van der Waals surface area contributed by atoms with Gasteiger partial charge >= 0.3 is 5.97 Å². The van der Waals surface area contributed by atoms with Gasteiger partial charge in [0.1, 0.15) is 6.29 Å². The number of benzene rings is 1. The molecule has 3 heteroatoms. The highest BCUT2D eigenvalue weighted by Crippen LogP contribution is 2.24. The van der Waals surface area contributed by atoms with Crippen molar-refractivity contribution in [2.75, 3.05) is 6.61 Å². The van der Waals surface area contributed by atoms with Crippen molar-refractivity contribution in [1.82, 2.24) is 0 Å². The molecule has 2 atom stereocenters. The topological polar surface area (TPSA) is 43.4 Å². The Bertz CT molecular complexity index is 372. The molecule has 0 unspecified atom stereocenters. The van der Waals surface area contributed by atoms with E-state index in [1.807, 2.05) is 30.3 Å². The van der Waals surface area contributed by atoms with Gasteiger partial charge in [-0.3, -0.25) is 4.79 Å². The lowest BCUT2D eigenvalue weighted by Crippen LogP contribution is -2.34. The smallest absolute Gasteiger partial charge is 0.309 e. The molecule has 3 nitrogen and oxygen atoms in total. The van der Waals surface area contributed by atoms with Crippen molar-refractivity contribution >= 4 is 12.3 Å². The summed E-state index contributed by atoms with van der Waals surface area (Å²) in [6.07, 6.45) is 2.11. The van der Waals surface area contributed by atoms with E-state index < -0.39 is 0 Å². The number of ether oxygens (including phenoxy) is 1. The number of carbonyl (C=O) groups is 2. The Morgan fingerprint density at radius 3 is 2.75 bits per heavy atom. The van der Waals surface area contributed by atoms with Crippen molar-refractivity contribution < 1.29 is 14.3 Å². The van der Waals surface area contributed by atoms with E-state index in [-0.39, 0.29) is 17.8 Å². The van der Waals surface area contributed by atoms with Crippen LogP contribution in [0, 0.1) is 11.8 Å². The lowest BCUT2D eigenvalue weighted by molar-refractivity contribution is -0.157. The Balaban J connectivity index is 2.11. The molecule has 16 heavy (non-hydrogen) atoms. The molecule has 0 spiro atoms. The first-order chi connectivity index (χ1) is 7.81. The van der Waals surface area contributed by atoms with Gasteiger partial charge in [0.15, 0.2) is 0 Å². The maximum Gasteiger partial charge on any atom is 0.309 e. The largest absolute Gasteiger partial charge is 0.465 e. The second-order valence-corrected chi connectivity index (χ2v) is 4.05. The third kappa shape index (κ3) is 2.30. The summed E-state index contributed by atoms with van der Waals surface area (Å²) in [5, 5.41) is 0. The van der Waals surface area contributed by atoms with E-state index >= 15 is 0 Å². The van der Waals surface area contributed by atoms with Crippen LogP contribution in [0.1, 0.15) is 12.0 Å². The number of cyclic esters (lactones) is 1. The molecule has 0 bridgehead atoms. The SMILES string of the molecule is O=C[C@@H]1CCOC(=O)[C@H]1Cc1ccccc1. The van der Waals surface area contributed by atoms with E-state index in [0.717, 1.165) is 11.8 Å². The highest BCUT2D eigenvalue weighted by Gasteiger charge is 2.33. The third-order valence-electron chi connectivity index (χ3n) is 2.99. The summed E-state index contributed by atoms with van der Waals surface area (Å²) >= 11 is 0. The molecule has 0 aliphatic carbocycles. The standard InChI is InChI=1S/C13H14O3/c14-9-11-6-7-16-13(15)12(11)8-10-4-2-1-3-5-10/h1-5,9,11-12H,6-8H2/t11-,12-/m0/s1. The van der Waals surface area contributed by atoms with Crippen LogP contribution < -0.4 is 0 Å². The molecule has 0 radical (unpaired) electrons. The lowest BCUT2D eigenvalue weighted by Gasteiger charge is -2.26. The molecule has 1 aromatic carbocycles. The Morgan fingerprint density at radius 2 is 2.06 bits per heavy atom. The quantitative estimate of drug-likeness (QED) is 0.571. The summed E-state index contributed by atoms with van der Waals surface area (Å²) in [7, 11) is 0. The predicted octanol–water partition coefficient (Wildman–Crippen LogP) is 1.61. The van der Waals surface area contributed by atoms with E-state index in [1.165, 1.54) is 0 Å². The molecule has 0 aromatic heterocycles. The minimum atomic E-state index is -0.311. The van der Waals surface area contributed by atoms with Gasteiger partial charge in [-0.2, -0.15) is 0 Å². The van der Waals surface area contributed by atoms with Gasteiger partial charge in [-0.1, -0.05) is 30.3 Å². The summed E-state index contributed by atoms with van der Waals surface area (Å²) in [4.78, 5) is 22.5. The van der Waals surface area contributed by atoms with Gasteiger partial charge in [0.25, 0.3) is 0 Å². The van der Waals surface area contributed by atoms with Crippen molar-refractivity contribution in [2.24, 2.45) is 11.8 Å². The molecular weight excluding hydrogens is 204 g/mol. The van der Waals surface area contributed by atoms with Crippen LogP contribution in [0.4, 0.5) is 0 Å². The summed E-state index contributed by atoms with van der Waals surface area (Å²) < 4.78 is 5.00. The Labute approximate surface area is 94.4 Å². The van der Waals surface area contributed by atoms with Gasteiger partial charge in [0.2, 0.25) is 0 Å². The minimum absolute atomic E-state index is 0.193. The van der Waals surface area contributed by atoms with E-state index in [9.17, 15) is 9.59 Å². The average Bonchev–Trinajstić information content (AvgIpc) is 2.33. The van der Waals surface area contributed by atoms with E-state index in [2.05, 4.69) is 0 Å². The zero-order valence-corrected chi connectivity index (χ0v) is 8.96. The van der Waals surface area contributed by atoms with Crippen LogP contribution in [-0.2, 0) is 20.7 Å². The molecule has 2 rings (SSSR count). The molecule has 1 heterocycles. The van der Waals surface area contributed by atoms with Gasteiger partial charge in [-0.25, -0.2) is 0 Å². The highest BCUT2D eigenvalue weighted by atomic mass is 16.5. The van der Waals surface area contributed by atoms with E-state index in [1.54, 1.807) is 0 Å². The fraction of sp³-hybridized carbons (Fsp3) is 0.385. The second-order valence-electron chi connectivity index (χ2n) is 4.05. The first-order valence-corrected chi connectivity index (χ1v) is 5.47. The number of hydrogen-bond donors (Lipinski definition) is 0. The zero-order chi connectivity index (χ0) is 11.4. The first-order valence-electron chi connectivity index (χ1n) is 5.47. The van der Waals surface area contributed by atoms with Crippen molar-refractivity contribution in [3.8, 4) is 0 Å². The van der Waals surface area contributed by atoms with Gasteiger partial charge in [0.05, 0.1) is 12.5 Å². The number of esters is 1. The maximum atomic E-state index is 11.6. The average molecular weight is 218 g/mol. The van der Waals surface area contributed by atoms with Gasteiger partial charge in [-0.15, -0.1) is 0 Å². The predicted molar refractivity (Wildman–Crippen MR) is 58.8 cm³/mol. The number of carbonyl (C=O) groups excluding carboxylic acids is 2. The van der Waals surface area contributed by atoms with Crippen molar-refractivity contribution in [1.29, 1.82) is 0 Å². The van der Waals surface area contributed by atoms with Crippen LogP contribution in [0.5, 0.6) is 0 Å². The van der Waals surface area contributed by atoms with Crippen molar-refractivity contribution in [3.05, 3.63) is 35.9 Å². The summed E-state index contributed by atoms with van der Waals surface area (Å²) in [5.41, 5.74) is 1.07. The van der Waals surface area contributed by atoms with Gasteiger partial charge in [-0.05, 0) is 18.4 Å². The molecule has 84 valence electrons. The first kappa shape index (κ1) is 10.9. The highest BCUT2D eigenvalue weighted by molar-refractivity contribution is 5.78. The molecule has 1 aliphatic heterocycles. The molecule has 0 amide bonds. The number of hydrogen-bond acceptors (Lipinski definition) is 3. The van der Waals surface area contributed by atoms with Crippen molar-refractivity contribution in [3.63, 3.8) is 0 Å². The second kappa shape index (κ2) is 4.92. The Hall–Kier alpha value is -1.64. The number of rotatable bonds is 3. The normalized spacial score (nSPS) is 24.9. The van der Waals surface area contributed by atoms with E-state index in [4.69, 9.17) is 4.74 Å². The Morgan fingerprint density at radius 1 is 1.31 bits per heavy atom. The van der Waals surface area contributed by atoms with Crippen molar-refractivity contribution in [2.45, 2.75) is 12.8 Å². The molecular formula is C13H14O3. The van der Waals surface area contributed by atoms with Crippen LogP contribution in [0.2, 0.25) is 0 Å². The summed E-state index contributed by atoms with van der Waals surface area (Å²) in [6.45, 7) is 0.369. The summed E-state index contributed by atoms with van der Waals surface area (Å²) in [5.74, 6) is -0.748. The maximum absolute atomic E-state index is 11.6. The van der Waals surface area contributed by atoms with Gasteiger partial charge < -0.3 is 9.53 Å². The van der Waals surface area contributed by atoms with E-state index in [0.29, 0.717) is 19.4 Å². The monoisotopic (exact) mass is 218 g/mol. The summed E-state index contributed by atoms with van der Waals surface area (Å²) in [6, 6.07) is 9.71. The third-order valence-corrected chi connectivity index (χ3v) is 2.99. The molecule has 1 aromatic rings. The molecule has 1 aliphatic rings.